The normalized spacial score (nSPS) is 16.1. The zero-order valence-electron chi connectivity index (χ0n) is 16.6. The van der Waals surface area contributed by atoms with Crippen LogP contribution in [0, 0.1) is 0 Å². The van der Waals surface area contributed by atoms with Gasteiger partial charge in [-0.3, -0.25) is 4.90 Å². The lowest BCUT2D eigenvalue weighted by molar-refractivity contribution is -0.137. The Bertz CT molecular complexity index is 835. The van der Waals surface area contributed by atoms with Gasteiger partial charge in [-0.25, -0.2) is 4.79 Å². The minimum atomic E-state index is -4.38. The van der Waals surface area contributed by atoms with Gasteiger partial charge in [0.05, 0.1) is 12.1 Å². The minimum absolute atomic E-state index is 0.0821. The molecule has 2 amide bonds. The van der Waals surface area contributed by atoms with E-state index >= 15 is 0 Å². The number of alkyl halides is 3. The van der Waals surface area contributed by atoms with Crippen molar-refractivity contribution in [2.75, 3.05) is 26.2 Å². The first kappa shape index (κ1) is 21.1. The van der Waals surface area contributed by atoms with Gasteiger partial charge in [0.25, 0.3) is 5.89 Å². The van der Waals surface area contributed by atoms with Crippen molar-refractivity contribution in [3.63, 3.8) is 0 Å². The number of nitrogens with zero attached hydrogens (tertiary/aromatic N) is 4. The summed E-state index contributed by atoms with van der Waals surface area (Å²) in [7, 11) is 0. The van der Waals surface area contributed by atoms with Crippen LogP contribution in [0.5, 0.6) is 0 Å². The summed E-state index contributed by atoms with van der Waals surface area (Å²) in [5, 5.41) is 6.86. The maximum Gasteiger partial charge on any atom is 0.416 e. The van der Waals surface area contributed by atoms with E-state index in [2.05, 4.69) is 20.4 Å². The van der Waals surface area contributed by atoms with Crippen LogP contribution in [0.2, 0.25) is 0 Å². The fourth-order valence-electron chi connectivity index (χ4n) is 2.95. The molecule has 0 saturated carbocycles. The molecule has 0 aliphatic carbocycles. The fraction of sp³-hybridized carbons (Fsp3) is 0.526. The van der Waals surface area contributed by atoms with Gasteiger partial charge in [0, 0.05) is 37.3 Å². The molecule has 7 nitrogen and oxygen atoms in total. The Balaban J connectivity index is 1.54. The van der Waals surface area contributed by atoms with Gasteiger partial charge in [0.1, 0.15) is 0 Å². The molecule has 1 saturated heterocycles. The van der Waals surface area contributed by atoms with Crippen LogP contribution >= 0.6 is 0 Å². The molecular formula is C19H24F3N5O2. The van der Waals surface area contributed by atoms with Crippen LogP contribution < -0.4 is 5.32 Å². The second-order valence-electron chi connectivity index (χ2n) is 8.03. The van der Waals surface area contributed by atoms with Gasteiger partial charge in [-0.1, -0.05) is 5.16 Å². The lowest BCUT2D eigenvalue weighted by atomic mass is 10.1. The van der Waals surface area contributed by atoms with E-state index in [0.717, 1.165) is 12.1 Å². The first-order valence-corrected chi connectivity index (χ1v) is 9.31. The minimum Gasteiger partial charge on any atom is -0.334 e. The molecule has 1 N–H and O–H groups in total. The highest BCUT2D eigenvalue weighted by Crippen LogP contribution is 2.30. The third kappa shape index (κ3) is 5.69. The highest BCUT2D eigenvalue weighted by molar-refractivity contribution is 5.75. The van der Waals surface area contributed by atoms with Crippen LogP contribution in [0.3, 0.4) is 0 Å². The maximum atomic E-state index is 12.7. The van der Waals surface area contributed by atoms with E-state index in [1.807, 2.05) is 20.8 Å². The van der Waals surface area contributed by atoms with Crippen molar-refractivity contribution in [1.29, 1.82) is 0 Å². The molecule has 2 heterocycles. The quantitative estimate of drug-likeness (QED) is 0.838. The van der Waals surface area contributed by atoms with Gasteiger partial charge in [-0.2, -0.15) is 18.2 Å². The summed E-state index contributed by atoms with van der Waals surface area (Å²) in [5.41, 5.74) is -0.581. The first-order valence-electron chi connectivity index (χ1n) is 9.31. The fourth-order valence-corrected chi connectivity index (χ4v) is 2.95. The average Bonchev–Trinajstić information content (AvgIpc) is 3.09. The zero-order chi connectivity index (χ0) is 21.2. The summed E-state index contributed by atoms with van der Waals surface area (Å²) in [6.07, 6.45) is -4.38. The van der Waals surface area contributed by atoms with Crippen molar-refractivity contribution in [1.82, 2.24) is 25.3 Å². The number of rotatable bonds is 3. The Morgan fingerprint density at radius 2 is 1.72 bits per heavy atom. The summed E-state index contributed by atoms with van der Waals surface area (Å²) >= 11 is 0. The standard InChI is InChI=1S/C19H24F3N5O2/c1-18(2,3)24-17(28)27-10-8-26(9-11-27)12-15-23-16(29-25-15)13-4-6-14(7-5-13)19(20,21)22/h4-7H,8-12H2,1-3H3,(H,24,28). The Labute approximate surface area is 166 Å². The monoisotopic (exact) mass is 411 g/mol. The molecule has 1 fully saturated rings. The van der Waals surface area contributed by atoms with E-state index in [1.165, 1.54) is 12.1 Å². The number of piperazine rings is 1. The van der Waals surface area contributed by atoms with Crippen molar-refractivity contribution in [3.8, 4) is 11.5 Å². The van der Waals surface area contributed by atoms with Crippen LogP contribution in [-0.4, -0.2) is 57.7 Å². The molecule has 10 heteroatoms. The van der Waals surface area contributed by atoms with Gasteiger partial charge in [0.15, 0.2) is 5.82 Å². The third-order valence-electron chi connectivity index (χ3n) is 4.43. The zero-order valence-corrected chi connectivity index (χ0v) is 16.6. The molecule has 3 rings (SSSR count). The Morgan fingerprint density at radius 3 is 2.28 bits per heavy atom. The van der Waals surface area contributed by atoms with Crippen LogP contribution in [0.4, 0.5) is 18.0 Å². The molecule has 29 heavy (non-hydrogen) atoms. The summed E-state index contributed by atoms with van der Waals surface area (Å²) in [4.78, 5) is 20.4. The Kier molecular flexibility index (Phi) is 5.83. The molecule has 158 valence electrons. The summed E-state index contributed by atoms with van der Waals surface area (Å²) in [6.45, 7) is 8.77. The lowest BCUT2D eigenvalue weighted by Gasteiger charge is -2.35. The van der Waals surface area contributed by atoms with Gasteiger partial charge >= 0.3 is 12.2 Å². The van der Waals surface area contributed by atoms with Crippen molar-refractivity contribution >= 4 is 6.03 Å². The summed E-state index contributed by atoms with van der Waals surface area (Å²) in [5.74, 6) is 0.629. The van der Waals surface area contributed by atoms with Gasteiger partial charge < -0.3 is 14.7 Å². The number of carbonyl (C=O) groups is 1. The first-order chi connectivity index (χ1) is 13.5. The SMILES string of the molecule is CC(C)(C)NC(=O)N1CCN(Cc2noc(-c3ccc(C(F)(F)F)cc3)n2)CC1. The van der Waals surface area contributed by atoms with E-state index in [9.17, 15) is 18.0 Å². The van der Waals surface area contributed by atoms with Crippen molar-refractivity contribution in [2.45, 2.75) is 39.0 Å². The molecule has 0 unspecified atom stereocenters. The molecule has 1 aliphatic heterocycles. The highest BCUT2D eigenvalue weighted by Gasteiger charge is 2.30. The summed E-state index contributed by atoms with van der Waals surface area (Å²) in [6, 6.07) is 4.52. The topological polar surface area (TPSA) is 74.5 Å². The van der Waals surface area contributed by atoms with Crippen LogP contribution in [-0.2, 0) is 12.7 Å². The number of benzene rings is 1. The molecular weight excluding hydrogens is 387 g/mol. The van der Waals surface area contributed by atoms with E-state index in [-0.39, 0.29) is 17.5 Å². The van der Waals surface area contributed by atoms with E-state index in [1.54, 1.807) is 4.90 Å². The molecule has 0 atom stereocenters. The van der Waals surface area contributed by atoms with E-state index in [4.69, 9.17) is 4.52 Å². The molecule has 1 aromatic carbocycles. The molecule has 0 radical (unpaired) electrons. The summed E-state index contributed by atoms with van der Waals surface area (Å²) < 4.78 is 43.2. The van der Waals surface area contributed by atoms with Gasteiger partial charge in [0.2, 0.25) is 0 Å². The second-order valence-corrected chi connectivity index (χ2v) is 8.03. The smallest absolute Gasteiger partial charge is 0.334 e. The number of hydrogen-bond acceptors (Lipinski definition) is 5. The number of nitrogens with one attached hydrogen (secondary N) is 1. The second kappa shape index (κ2) is 8.02. The molecule has 0 bridgehead atoms. The molecule has 1 aromatic heterocycles. The lowest BCUT2D eigenvalue weighted by Crippen LogP contribution is -2.54. The van der Waals surface area contributed by atoms with E-state index in [0.29, 0.717) is 44.1 Å². The van der Waals surface area contributed by atoms with Gasteiger partial charge in [-0.05, 0) is 45.0 Å². The van der Waals surface area contributed by atoms with Crippen molar-refractivity contribution in [3.05, 3.63) is 35.7 Å². The Morgan fingerprint density at radius 1 is 1.10 bits per heavy atom. The third-order valence-corrected chi connectivity index (χ3v) is 4.43. The molecule has 2 aromatic rings. The van der Waals surface area contributed by atoms with Gasteiger partial charge in [-0.15, -0.1) is 0 Å². The number of halogens is 3. The van der Waals surface area contributed by atoms with Crippen LogP contribution in [0.25, 0.3) is 11.5 Å². The van der Waals surface area contributed by atoms with Crippen LogP contribution in [0.15, 0.2) is 28.8 Å². The molecule has 1 aliphatic rings. The predicted molar refractivity (Wildman–Crippen MR) is 99.9 cm³/mol. The Hall–Kier alpha value is -2.62. The number of amides is 2. The largest absolute Gasteiger partial charge is 0.416 e. The number of hydrogen-bond donors (Lipinski definition) is 1. The van der Waals surface area contributed by atoms with E-state index < -0.39 is 11.7 Å². The number of aromatic nitrogens is 2. The maximum absolute atomic E-state index is 12.7. The van der Waals surface area contributed by atoms with Crippen molar-refractivity contribution in [2.24, 2.45) is 0 Å². The molecule has 0 spiro atoms. The van der Waals surface area contributed by atoms with Crippen molar-refractivity contribution < 1.29 is 22.5 Å². The number of urea groups is 1. The number of carbonyl (C=O) groups excluding carboxylic acids is 1. The highest BCUT2D eigenvalue weighted by atomic mass is 19.4. The predicted octanol–water partition coefficient (Wildman–Crippen LogP) is 3.38. The average molecular weight is 411 g/mol. The van der Waals surface area contributed by atoms with Crippen LogP contribution in [0.1, 0.15) is 32.2 Å².